The maximum atomic E-state index is 13.9. The largest absolute Gasteiger partial charge is 0.461 e. The Hall–Kier alpha value is -4.27. The Morgan fingerprint density at radius 3 is 2.55 bits per heavy atom. The van der Waals surface area contributed by atoms with Crippen molar-refractivity contribution in [3.63, 3.8) is 0 Å². The molecule has 0 bridgehead atoms. The molecule has 0 unspecified atom stereocenters. The van der Waals surface area contributed by atoms with Crippen LogP contribution in [0.25, 0.3) is 16.9 Å². The van der Waals surface area contributed by atoms with Crippen LogP contribution in [0.5, 0.6) is 0 Å². The summed E-state index contributed by atoms with van der Waals surface area (Å²) >= 11 is 0. The first-order valence-electron chi connectivity index (χ1n) is 10.3. The van der Waals surface area contributed by atoms with Crippen LogP contribution >= 0.6 is 0 Å². The maximum Gasteiger partial charge on any atom is 0.358 e. The van der Waals surface area contributed by atoms with Gasteiger partial charge < -0.3 is 10.1 Å². The monoisotopic (exact) mass is 447 g/mol. The first kappa shape index (κ1) is 21.9. The van der Waals surface area contributed by atoms with Gasteiger partial charge in [-0.3, -0.25) is 9.48 Å². The number of carbonyl (C=O) groups is 2. The smallest absolute Gasteiger partial charge is 0.358 e. The van der Waals surface area contributed by atoms with E-state index >= 15 is 0 Å². The number of hydrogen-bond donors (Lipinski definition) is 1. The van der Waals surface area contributed by atoms with Crippen molar-refractivity contribution < 1.29 is 18.7 Å². The molecule has 0 aliphatic heterocycles. The van der Waals surface area contributed by atoms with Crippen LogP contribution in [-0.2, 0) is 11.8 Å². The number of rotatable bonds is 6. The van der Waals surface area contributed by atoms with Gasteiger partial charge in [0.15, 0.2) is 5.69 Å². The lowest BCUT2D eigenvalue weighted by molar-refractivity contribution is 0.0519. The van der Waals surface area contributed by atoms with Gasteiger partial charge in [0.1, 0.15) is 11.5 Å². The molecule has 33 heavy (non-hydrogen) atoms. The number of esters is 1. The Morgan fingerprint density at radius 2 is 1.85 bits per heavy atom. The molecule has 2 aromatic heterocycles. The van der Waals surface area contributed by atoms with Gasteiger partial charge >= 0.3 is 5.97 Å². The Labute approximate surface area is 189 Å². The number of amides is 1. The molecule has 0 saturated heterocycles. The molecule has 2 aromatic carbocycles. The SMILES string of the molecule is CCOC(=O)c1cc(-c2cccc(NC(=O)c3cc(C)nn3C)c2)n(-c2cccc(F)c2)n1. The minimum Gasteiger partial charge on any atom is -0.461 e. The normalized spacial score (nSPS) is 10.8. The van der Waals surface area contributed by atoms with Crippen molar-refractivity contribution in [2.75, 3.05) is 11.9 Å². The number of anilines is 1. The van der Waals surface area contributed by atoms with E-state index in [-0.39, 0.29) is 18.2 Å². The molecular formula is C24H22FN5O3. The molecule has 0 radical (unpaired) electrons. The van der Waals surface area contributed by atoms with Crippen molar-refractivity contribution in [1.82, 2.24) is 19.6 Å². The second kappa shape index (κ2) is 9.07. The Morgan fingerprint density at radius 1 is 1.06 bits per heavy atom. The summed E-state index contributed by atoms with van der Waals surface area (Å²) in [5.74, 6) is -1.31. The minimum absolute atomic E-state index is 0.0934. The van der Waals surface area contributed by atoms with Gasteiger partial charge in [0.2, 0.25) is 0 Å². The summed E-state index contributed by atoms with van der Waals surface area (Å²) in [5, 5.41) is 11.4. The molecule has 0 aliphatic carbocycles. The van der Waals surface area contributed by atoms with E-state index in [0.29, 0.717) is 28.3 Å². The van der Waals surface area contributed by atoms with Crippen molar-refractivity contribution in [2.24, 2.45) is 7.05 Å². The highest BCUT2D eigenvalue weighted by Crippen LogP contribution is 2.27. The molecule has 2 heterocycles. The van der Waals surface area contributed by atoms with Gasteiger partial charge in [-0.25, -0.2) is 13.9 Å². The number of hydrogen-bond acceptors (Lipinski definition) is 5. The Balaban J connectivity index is 1.73. The molecular weight excluding hydrogens is 425 g/mol. The fourth-order valence-corrected chi connectivity index (χ4v) is 3.47. The number of benzene rings is 2. The molecule has 1 amide bonds. The van der Waals surface area contributed by atoms with E-state index < -0.39 is 11.8 Å². The lowest BCUT2D eigenvalue weighted by atomic mass is 10.1. The summed E-state index contributed by atoms with van der Waals surface area (Å²) in [6.45, 7) is 3.72. The van der Waals surface area contributed by atoms with Gasteiger partial charge in [-0.15, -0.1) is 0 Å². The zero-order valence-corrected chi connectivity index (χ0v) is 18.4. The van der Waals surface area contributed by atoms with E-state index in [2.05, 4.69) is 15.5 Å². The van der Waals surface area contributed by atoms with Gasteiger partial charge in [0.05, 0.1) is 23.7 Å². The molecule has 9 heteroatoms. The van der Waals surface area contributed by atoms with Crippen LogP contribution < -0.4 is 5.32 Å². The third-order valence-electron chi connectivity index (χ3n) is 4.90. The predicted octanol–water partition coefficient (Wildman–Crippen LogP) is 4.15. The lowest BCUT2D eigenvalue weighted by Gasteiger charge is -2.10. The average molecular weight is 447 g/mol. The van der Waals surface area contributed by atoms with Gasteiger partial charge in [0.25, 0.3) is 5.91 Å². The average Bonchev–Trinajstić information content (AvgIpc) is 3.37. The second-order valence-corrected chi connectivity index (χ2v) is 7.36. The number of aryl methyl sites for hydroxylation is 2. The highest BCUT2D eigenvalue weighted by atomic mass is 19.1. The number of aromatic nitrogens is 4. The number of nitrogens with zero attached hydrogens (tertiary/aromatic N) is 4. The Kier molecular flexibility index (Phi) is 6.03. The number of halogens is 1. The first-order chi connectivity index (χ1) is 15.9. The van der Waals surface area contributed by atoms with E-state index in [9.17, 15) is 14.0 Å². The topological polar surface area (TPSA) is 91.0 Å². The summed E-state index contributed by atoms with van der Waals surface area (Å²) in [4.78, 5) is 25.0. The lowest BCUT2D eigenvalue weighted by Crippen LogP contribution is -2.16. The van der Waals surface area contributed by atoms with Gasteiger partial charge in [0, 0.05) is 18.3 Å². The van der Waals surface area contributed by atoms with E-state index in [1.165, 1.54) is 21.5 Å². The number of ether oxygens (including phenoxy) is 1. The van der Waals surface area contributed by atoms with Crippen LogP contribution in [0.1, 0.15) is 33.6 Å². The zero-order chi connectivity index (χ0) is 23.5. The van der Waals surface area contributed by atoms with Crippen molar-refractivity contribution in [3.05, 3.63) is 83.6 Å². The fraction of sp³-hybridized carbons (Fsp3) is 0.167. The van der Waals surface area contributed by atoms with Crippen molar-refractivity contribution in [3.8, 4) is 16.9 Å². The third-order valence-corrected chi connectivity index (χ3v) is 4.90. The third kappa shape index (κ3) is 4.67. The van der Waals surface area contributed by atoms with Crippen LogP contribution in [0.2, 0.25) is 0 Å². The maximum absolute atomic E-state index is 13.9. The van der Waals surface area contributed by atoms with Gasteiger partial charge in [-0.05, 0) is 56.3 Å². The summed E-state index contributed by atoms with van der Waals surface area (Å²) in [5.41, 5.74) is 3.45. The van der Waals surface area contributed by atoms with E-state index in [1.54, 1.807) is 56.4 Å². The second-order valence-electron chi connectivity index (χ2n) is 7.36. The minimum atomic E-state index is -0.579. The van der Waals surface area contributed by atoms with Gasteiger partial charge in [-0.1, -0.05) is 18.2 Å². The quantitative estimate of drug-likeness (QED) is 0.449. The summed E-state index contributed by atoms with van der Waals surface area (Å²) in [7, 11) is 1.70. The Bertz CT molecular complexity index is 1340. The predicted molar refractivity (Wildman–Crippen MR) is 121 cm³/mol. The van der Waals surface area contributed by atoms with Crippen molar-refractivity contribution in [1.29, 1.82) is 0 Å². The highest BCUT2D eigenvalue weighted by molar-refractivity contribution is 6.03. The van der Waals surface area contributed by atoms with Crippen molar-refractivity contribution in [2.45, 2.75) is 13.8 Å². The molecule has 0 spiro atoms. The molecule has 0 saturated carbocycles. The van der Waals surface area contributed by atoms with Crippen LogP contribution in [0.4, 0.5) is 10.1 Å². The van der Waals surface area contributed by atoms with Crippen LogP contribution in [-0.4, -0.2) is 38.0 Å². The fourth-order valence-electron chi connectivity index (χ4n) is 3.47. The van der Waals surface area contributed by atoms with E-state index in [1.807, 2.05) is 13.0 Å². The zero-order valence-electron chi connectivity index (χ0n) is 18.4. The van der Waals surface area contributed by atoms with Gasteiger partial charge in [-0.2, -0.15) is 10.2 Å². The molecule has 0 fully saturated rings. The van der Waals surface area contributed by atoms with Crippen LogP contribution in [0, 0.1) is 12.7 Å². The summed E-state index contributed by atoms with van der Waals surface area (Å²) in [6.07, 6.45) is 0. The van der Waals surface area contributed by atoms with Crippen molar-refractivity contribution >= 4 is 17.6 Å². The van der Waals surface area contributed by atoms with E-state index in [0.717, 1.165) is 5.69 Å². The van der Waals surface area contributed by atoms with Crippen LogP contribution in [0.3, 0.4) is 0 Å². The number of carbonyl (C=O) groups excluding carboxylic acids is 2. The molecule has 1 N–H and O–H groups in total. The first-order valence-corrected chi connectivity index (χ1v) is 10.3. The van der Waals surface area contributed by atoms with Crippen LogP contribution in [0.15, 0.2) is 60.7 Å². The molecule has 4 rings (SSSR count). The number of nitrogens with one attached hydrogen (secondary N) is 1. The molecule has 8 nitrogen and oxygen atoms in total. The summed E-state index contributed by atoms with van der Waals surface area (Å²) < 4.78 is 22.0. The summed E-state index contributed by atoms with van der Waals surface area (Å²) in [6, 6.07) is 16.3. The highest BCUT2D eigenvalue weighted by Gasteiger charge is 2.19. The molecule has 0 aliphatic rings. The molecule has 0 atom stereocenters. The molecule has 168 valence electrons. The molecule has 4 aromatic rings. The standard InChI is InChI=1S/C24H22FN5O3/c1-4-33-24(32)20-14-21(30(28-20)19-10-6-8-17(25)13-19)16-7-5-9-18(12-16)26-23(31)22-11-15(2)27-29(22)3/h5-14H,4H2,1-3H3,(H,26,31). The van der Waals surface area contributed by atoms with E-state index in [4.69, 9.17) is 4.74 Å².